The Morgan fingerprint density at radius 3 is 2.53 bits per heavy atom. The van der Waals surface area contributed by atoms with Gasteiger partial charge in [-0.1, -0.05) is 37.3 Å². The number of methoxy groups -OCH3 is 1. The van der Waals surface area contributed by atoms with Crippen LogP contribution in [0.3, 0.4) is 0 Å². The van der Waals surface area contributed by atoms with Crippen LogP contribution in [0.4, 0.5) is 0 Å². The number of rotatable bonds is 8. The van der Waals surface area contributed by atoms with Crippen LogP contribution in [-0.2, 0) is 15.1 Å². The van der Waals surface area contributed by atoms with E-state index in [0.29, 0.717) is 18.7 Å². The highest BCUT2D eigenvalue weighted by atomic mass is 16.5. The van der Waals surface area contributed by atoms with Crippen LogP contribution in [0.15, 0.2) is 30.3 Å². The summed E-state index contributed by atoms with van der Waals surface area (Å²) in [7, 11) is 1.62. The third kappa shape index (κ3) is 4.02. The van der Waals surface area contributed by atoms with E-state index in [4.69, 9.17) is 10.5 Å². The standard InChI is InChI=1S/C14H22N2O3/c1-3-16(9-10-19-2)11-14(15,13(17)18)12-7-5-4-6-8-12/h4-8H,3,9-11,15H2,1-2H3,(H,17,18). The van der Waals surface area contributed by atoms with Crippen LogP contribution in [0.2, 0.25) is 0 Å². The zero-order valence-electron chi connectivity index (χ0n) is 11.5. The van der Waals surface area contributed by atoms with Crippen LogP contribution in [0.25, 0.3) is 0 Å². The van der Waals surface area contributed by atoms with Gasteiger partial charge in [-0.25, -0.2) is 4.79 Å². The smallest absolute Gasteiger partial charge is 0.329 e. The first kappa shape index (κ1) is 15.6. The van der Waals surface area contributed by atoms with E-state index in [1.54, 1.807) is 31.4 Å². The fraction of sp³-hybridized carbons (Fsp3) is 0.500. The molecule has 1 aromatic carbocycles. The normalized spacial score (nSPS) is 14.3. The second-order valence-corrected chi connectivity index (χ2v) is 4.50. The van der Waals surface area contributed by atoms with E-state index in [9.17, 15) is 9.90 Å². The molecule has 0 spiro atoms. The molecule has 5 heteroatoms. The average molecular weight is 266 g/mol. The Kier molecular flexibility index (Phi) is 5.95. The van der Waals surface area contributed by atoms with E-state index in [1.165, 1.54) is 0 Å². The molecule has 0 bridgehead atoms. The number of hydrogen-bond acceptors (Lipinski definition) is 4. The SMILES string of the molecule is CCN(CCOC)CC(N)(C(=O)O)c1ccccc1. The van der Waals surface area contributed by atoms with Crippen molar-refractivity contribution in [2.45, 2.75) is 12.5 Å². The number of benzene rings is 1. The van der Waals surface area contributed by atoms with Crippen molar-refractivity contribution in [1.82, 2.24) is 4.90 Å². The first-order chi connectivity index (χ1) is 9.04. The van der Waals surface area contributed by atoms with E-state index in [0.717, 1.165) is 6.54 Å². The number of carboxylic acids is 1. The molecule has 1 atom stereocenters. The number of nitrogens with two attached hydrogens (primary N) is 1. The van der Waals surface area contributed by atoms with Crippen LogP contribution in [0.5, 0.6) is 0 Å². The lowest BCUT2D eigenvalue weighted by Crippen LogP contribution is -2.53. The van der Waals surface area contributed by atoms with Gasteiger partial charge in [0, 0.05) is 20.2 Å². The van der Waals surface area contributed by atoms with Gasteiger partial charge >= 0.3 is 5.97 Å². The number of hydrogen-bond donors (Lipinski definition) is 2. The first-order valence-electron chi connectivity index (χ1n) is 6.33. The van der Waals surface area contributed by atoms with Crippen molar-refractivity contribution in [3.63, 3.8) is 0 Å². The van der Waals surface area contributed by atoms with Crippen LogP contribution in [0, 0.1) is 0 Å². The molecule has 0 aromatic heterocycles. The monoisotopic (exact) mass is 266 g/mol. The minimum absolute atomic E-state index is 0.256. The predicted molar refractivity (Wildman–Crippen MR) is 73.9 cm³/mol. The molecule has 0 aliphatic rings. The van der Waals surface area contributed by atoms with Crippen molar-refractivity contribution in [3.05, 3.63) is 35.9 Å². The number of nitrogens with zero attached hydrogens (tertiary/aromatic N) is 1. The molecule has 1 rings (SSSR count). The Balaban J connectivity index is 2.91. The molecule has 0 saturated carbocycles. The van der Waals surface area contributed by atoms with Gasteiger partial charge in [0.05, 0.1) is 6.61 Å². The number of aliphatic carboxylic acids is 1. The molecule has 1 unspecified atom stereocenters. The molecule has 0 heterocycles. The second kappa shape index (κ2) is 7.23. The van der Waals surface area contributed by atoms with E-state index < -0.39 is 11.5 Å². The number of ether oxygens (including phenoxy) is 1. The van der Waals surface area contributed by atoms with Crippen molar-refractivity contribution in [1.29, 1.82) is 0 Å². The first-order valence-corrected chi connectivity index (χ1v) is 6.33. The van der Waals surface area contributed by atoms with Gasteiger partial charge in [0.1, 0.15) is 0 Å². The highest BCUT2D eigenvalue weighted by Gasteiger charge is 2.37. The van der Waals surface area contributed by atoms with Crippen LogP contribution >= 0.6 is 0 Å². The van der Waals surface area contributed by atoms with Gasteiger partial charge in [0.15, 0.2) is 5.54 Å². The van der Waals surface area contributed by atoms with Gasteiger partial charge in [-0.2, -0.15) is 0 Å². The van der Waals surface area contributed by atoms with Crippen molar-refractivity contribution in [2.24, 2.45) is 5.73 Å². The Bertz CT molecular complexity index is 397. The molecule has 0 aliphatic carbocycles. The third-order valence-electron chi connectivity index (χ3n) is 3.20. The van der Waals surface area contributed by atoms with Gasteiger partial charge < -0.3 is 15.6 Å². The summed E-state index contributed by atoms with van der Waals surface area (Å²) >= 11 is 0. The second-order valence-electron chi connectivity index (χ2n) is 4.50. The number of carboxylic acid groups (broad SMARTS) is 1. The fourth-order valence-corrected chi connectivity index (χ4v) is 1.94. The van der Waals surface area contributed by atoms with Crippen LogP contribution < -0.4 is 5.73 Å². The summed E-state index contributed by atoms with van der Waals surface area (Å²) in [5.74, 6) is -1.02. The zero-order chi connectivity index (χ0) is 14.3. The Hall–Kier alpha value is -1.43. The van der Waals surface area contributed by atoms with E-state index in [2.05, 4.69) is 0 Å². The lowest BCUT2D eigenvalue weighted by Gasteiger charge is -2.31. The fourth-order valence-electron chi connectivity index (χ4n) is 1.94. The lowest BCUT2D eigenvalue weighted by atomic mass is 9.90. The quantitative estimate of drug-likeness (QED) is 0.731. The molecule has 0 radical (unpaired) electrons. The Labute approximate surface area is 114 Å². The molecule has 19 heavy (non-hydrogen) atoms. The molecule has 0 amide bonds. The van der Waals surface area contributed by atoms with Gasteiger partial charge in [-0.15, -0.1) is 0 Å². The van der Waals surface area contributed by atoms with Gasteiger partial charge in [-0.05, 0) is 12.1 Å². The van der Waals surface area contributed by atoms with Gasteiger partial charge in [-0.3, -0.25) is 4.90 Å². The maximum absolute atomic E-state index is 11.6. The summed E-state index contributed by atoms with van der Waals surface area (Å²) in [4.78, 5) is 13.5. The summed E-state index contributed by atoms with van der Waals surface area (Å²) in [6.45, 7) is 4.17. The third-order valence-corrected chi connectivity index (χ3v) is 3.20. The number of carbonyl (C=O) groups is 1. The minimum atomic E-state index is -1.40. The van der Waals surface area contributed by atoms with Crippen LogP contribution in [0.1, 0.15) is 12.5 Å². The zero-order valence-corrected chi connectivity index (χ0v) is 11.5. The molecule has 0 saturated heterocycles. The maximum Gasteiger partial charge on any atom is 0.329 e. The van der Waals surface area contributed by atoms with E-state index >= 15 is 0 Å². The largest absolute Gasteiger partial charge is 0.480 e. The van der Waals surface area contributed by atoms with E-state index in [1.807, 2.05) is 17.9 Å². The molecule has 1 aromatic rings. The van der Waals surface area contributed by atoms with Crippen molar-refractivity contribution in [3.8, 4) is 0 Å². The summed E-state index contributed by atoms with van der Waals surface area (Å²) in [5, 5.41) is 9.47. The average Bonchev–Trinajstić information content (AvgIpc) is 2.43. The summed E-state index contributed by atoms with van der Waals surface area (Å²) in [5.41, 5.74) is 5.34. The van der Waals surface area contributed by atoms with Gasteiger partial charge in [0.2, 0.25) is 0 Å². The van der Waals surface area contributed by atoms with Crippen LogP contribution in [-0.4, -0.2) is 49.3 Å². The summed E-state index contributed by atoms with van der Waals surface area (Å²) in [6, 6.07) is 8.93. The molecule has 3 N–H and O–H groups in total. The lowest BCUT2D eigenvalue weighted by molar-refractivity contribution is -0.144. The van der Waals surface area contributed by atoms with E-state index in [-0.39, 0.29) is 6.54 Å². The Morgan fingerprint density at radius 1 is 1.42 bits per heavy atom. The highest BCUT2D eigenvalue weighted by Crippen LogP contribution is 2.20. The molecule has 0 aliphatic heterocycles. The van der Waals surface area contributed by atoms with Crippen molar-refractivity contribution < 1.29 is 14.6 Å². The maximum atomic E-state index is 11.6. The molecule has 106 valence electrons. The van der Waals surface area contributed by atoms with Crippen molar-refractivity contribution in [2.75, 3.05) is 33.4 Å². The minimum Gasteiger partial charge on any atom is -0.480 e. The summed E-state index contributed by atoms with van der Waals surface area (Å²) in [6.07, 6.45) is 0. The molecular weight excluding hydrogens is 244 g/mol. The molecule has 5 nitrogen and oxygen atoms in total. The highest BCUT2D eigenvalue weighted by molar-refractivity contribution is 5.80. The predicted octanol–water partition coefficient (Wildman–Crippen LogP) is 0.894. The van der Waals surface area contributed by atoms with Crippen molar-refractivity contribution >= 4 is 5.97 Å². The van der Waals surface area contributed by atoms with Gasteiger partial charge in [0.25, 0.3) is 0 Å². The molecule has 0 fully saturated rings. The summed E-state index contributed by atoms with van der Waals surface area (Å²) < 4.78 is 5.02. The topological polar surface area (TPSA) is 75.8 Å². The Morgan fingerprint density at radius 2 is 2.05 bits per heavy atom. The molecular formula is C14H22N2O3. The number of likely N-dealkylation sites (N-methyl/N-ethyl adjacent to an activating group) is 1.